The van der Waals surface area contributed by atoms with Gasteiger partial charge in [0.15, 0.2) is 17.2 Å². The number of hydrogen-bond acceptors (Lipinski definition) is 6. The Morgan fingerprint density at radius 1 is 1.14 bits per heavy atom. The van der Waals surface area contributed by atoms with Crippen LogP contribution in [0.1, 0.15) is 21.5 Å². The van der Waals surface area contributed by atoms with Crippen molar-refractivity contribution >= 4 is 33.0 Å². The Labute approximate surface area is 158 Å². The molecule has 0 bridgehead atoms. The summed E-state index contributed by atoms with van der Waals surface area (Å²) in [7, 11) is -5.30. The summed E-state index contributed by atoms with van der Waals surface area (Å²) in [4.78, 5) is 17.4. The Kier molecular flexibility index (Phi) is 4.05. The largest absolute Gasteiger partial charge is 0.488 e. The zero-order valence-electron chi connectivity index (χ0n) is 14.0. The van der Waals surface area contributed by atoms with Gasteiger partial charge in [0.25, 0.3) is 0 Å². The van der Waals surface area contributed by atoms with Crippen molar-refractivity contribution in [2.75, 3.05) is 0 Å². The number of halogens is 1. The van der Waals surface area contributed by atoms with E-state index >= 15 is 0 Å². The van der Waals surface area contributed by atoms with Crippen molar-refractivity contribution in [1.82, 2.24) is 9.38 Å². The third-order valence-corrected chi connectivity index (χ3v) is 4.49. The minimum absolute atomic E-state index is 0.0968. The predicted molar refractivity (Wildman–Crippen MR) is 97.9 cm³/mol. The standard InChI is InChI=1S/C19H10FN3O4S/c20-28(25,26)27-17-8-4-1-5-14(17)18(24)13-9-12(10-21)19-22-15-6-2-3-7-16(15)23(19)11-13/h1-9,11H. The second-order valence-electron chi connectivity index (χ2n) is 5.85. The van der Waals surface area contributed by atoms with Crippen LogP contribution in [0.4, 0.5) is 3.89 Å². The predicted octanol–water partition coefficient (Wildman–Crippen LogP) is 3.18. The maximum Gasteiger partial charge on any atom is 0.488 e. The second-order valence-corrected chi connectivity index (χ2v) is 6.80. The number of carbonyl (C=O) groups is 1. The van der Waals surface area contributed by atoms with Crippen LogP contribution in [0.5, 0.6) is 5.75 Å². The number of nitriles is 1. The maximum absolute atomic E-state index is 13.0. The highest BCUT2D eigenvalue weighted by atomic mass is 32.3. The molecule has 0 radical (unpaired) electrons. The van der Waals surface area contributed by atoms with Gasteiger partial charge in [0.2, 0.25) is 0 Å². The maximum atomic E-state index is 13.0. The van der Waals surface area contributed by atoms with E-state index in [2.05, 4.69) is 9.17 Å². The smallest absolute Gasteiger partial charge is 0.358 e. The molecule has 0 unspecified atom stereocenters. The second kappa shape index (κ2) is 6.44. The zero-order valence-corrected chi connectivity index (χ0v) is 14.9. The lowest BCUT2D eigenvalue weighted by atomic mass is 10.0. The van der Waals surface area contributed by atoms with E-state index in [1.807, 2.05) is 6.07 Å². The summed E-state index contributed by atoms with van der Waals surface area (Å²) in [5, 5.41) is 9.48. The van der Waals surface area contributed by atoms with Crippen LogP contribution in [-0.2, 0) is 10.5 Å². The molecule has 0 saturated heterocycles. The Bertz CT molecular complexity index is 1400. The molecule has 9 heteroatoms. The number of ketones is 1. The summed E-state index contributed by atoms with van der Waals surface area (Å²) >= 11 is 0. The van der Waals surface area contributed by atoms with E-state index in [4.69, 9.17) is 0 Å². The van der Waals surface area contributed by atoms with E-state index in [0.29, 0.717) is 16.7 Å². The fraction of sp³-hybridized carbons (Fsp3) is 0. The minimum Gasteiger partial charge on any atom is -0.358 e. The third-order valence-electron chi connectivity index (χ3n) is 4.11. The van der Waals surface area contributed by atoms with E-state index in [-0.39, 0.29) is 16.7 Å². The van der Waals surface area contributed by atoms with Gasteiger partial charge >= 0.3 is 10.5 Å². The first kappa shape index (κ1) is 17.6. The van der Waals surface area contributed by atoms with Gasteiger partial charge in [-0.1, -0.05) is 28.2 Å². The van der Waals surface area contributed by atoms with Crippen LogP contribution >= 0.6 is 0 Å². The van der Waals surface area contributed by atoms with E-state index in [0.717, 1.165) is 0 Å². The summed E-state index contributed by atoms with van der Waals surface area (Å²) in [6.45, 7) is 0. The topological polar surface area (TPSA) is 102 Å². The molecule has 2 aromatic heterocycles. The lowest BCUT2D eigenvalue weighted by molar-refractivity contribution is 0.103. The van der Waals surface area contributed by atoms with Gasteiger partial charge < -0.3 is 4.18 Å². The zero-order chi connectivity index (χ0) is 19.9. The lowest BCUT2D eigenvalue weighted by Crippen LogP contribution is -2.09. The van der Waals surface area contributed by atoms with Gasteiger partial charge in [0, 0.05) is 11.8 Å². The molecular weight excluding hydrogens is 385 g/mol. The summed E-state index contributed by atoms with van der Waals surface area (Å²) in [6.07, 6.45) is 1.49. The lowest BCUT2D eigenvalue weighted by Gasteiger charge is -2.08. The summed E-state index contributed by atoms with van der Waals surface area (Å²) < 4.78 is 40.5. The normalized spacial score (nSPS) is 11.4. The molecule has 0 aliphatic carbocycles. The molecule has 0 aliphatic heterocycles. The number of benzene rings is 2. The highest BCUT2D eigenvalue weighted by Gasteiger charge is 2.21. The number of carbonyl (C=O) groups excluding carboxylic acids is 1. The van der Waals surface area contributed by atoms with Crippen molar-refractivity contribution in [3.8, 4) is 11.8 Å². The number of hydrogen-bond donors (Lipinski definition) is 0. The summed E-state index contributed by atoms with van der Waals surface area (Å²) in [5.41, 5.74) is 1.83. The van der Waals surface area contributed by atoms with Gasteiger partial charge in [-0.3, -0.25) is 9.20 Å². The quantitative estimate of drug-likeness (QED) is 0.388. The van der Waals surface area contributed by atoms with E-state index < -0.39 is 22.0 Å². The Balaban J connectivity index is 1.92. The van der Waals surface area contributed by atoms with Crippen LogP contribution in [0.15, 0.2) is 60.8 Å². The van der Waals surface area contributed by atoms with Crippen molar-refractivity contribution in [2.45, 2.75) is 0 Å². The number of imidazole rings is 1. The van der Waals surface area contributed by atoms with Crippen LogP contribution in [-0.4, -0.2) is 23.6 Å². The van der Waals surface area contributed by atoms with Gasteiger partial charge in [0.1, 0.15) is 6.07 Å². The van der Waals surface area contributed by atoms with Crippen molar-refractivity contribution in [2.24, 2.45) is 0 Å². The van der Waals surface area contributed by atoms with Crippen LogP contribution in [0.3, 0.4) is 0 Å². The number of para-hydroxylation sites is 3. The summed E-state index contributed by atoms with van der Waals surface area (Å²) in [6, 6.07) is 15.9. The van der Waals surface area contributed by atoms with Crippen LogP contribution in [0.25, 0.3) is 16.7 Å². The van der Waals surface area contributed by atoms with Crippen LogP contribution in [0, 0.1) is 11.3 Å². The fourth-order valence-corrected chi connectivity index (χ4v) is 3.32. The average Bonchev–Trinajstić information content (AvgIpc) is 3.04. The monoisotopic (exact) mass is 395 g/mol. The molecule has 0 saturated carbocycles. The molecule has 2 heterocycles. The minimum atomic E-state index is -5.30. The summed E-state index contributed by atoms with van der Waals surface area (Å²) in [5.74, 6) is -1.07. The molecule has 0 spiro atoms. The molecular formula is C19H10FN3O4S. The number of pyridine rings is 1. The highest BCUT2D eigenvalue weighted by molar-refractivity contribution is 7.81. The van der Waals surface area contributed by atoms with E-state index in [9.17, 15) is 22.4 Å². The molecule has 4 rings (SSSR count). The van der Waals surface area contributed by atoms with Crippen molar-refractivity contribution in [3.05, 3.63) is 77.5 Å². The van der Waals surface area contributed by atoms with Gasteiger partial charge in [0.05, 0.1) is 22.2 Å². The molecule has 0 N–H and O–H groups in total. The first-order valence-electron chi connectivity index (χ1n) is 7.96. The molecule has 2 aromatic carbocycles. The average molecular weight is 395 g/mol. The molecule has 0 amide bonds. The number of fused-ring (bicyclic) bond motifs is 3. The van der Waals surface area contributed by atoms with E-state index in [1.54, 1.807) is 28.7 Å². The van der Waals surface area contributed by atoms with Crippen molar-refractivity contribution in [1.29, 1.82) is 5.26 Å². The molecule has 4 aromatic rings. The third kappa shape index (κ3) is 3.06. The Morgan fingerprint density at radius 3 is 2.61 bits per heavy atom. The van der Waals surface area contributed by atoms with Gasteiger partial charge in [-0.2, -0.15) is 13.7 Å². The van der Waals surface area contributed by atoms with Gasteiger partial charge in [-0.15, -0.1) is 0 Å². The first-order chi connectivity index (χ1) is 13.4. The SMILES string of the molecule is N#Cc1cc(C(=O)c2ccccc2OS(=O)(=O)F)cn2c1nc1ccccc12. The Morgan fingerprint density at radius 2 is 1.86 bits per heavy atom. The first-order valence-corrected chi connectivity index (χ1v) is 9.27. The van der Waals surface area contributed by atoms with E-state index in [1.165, 1.54) is 36.5 Å². The molecule has 0 fully saturated rings. The highest BCUT2D eigenvalue weighted by Crippen LogP contribution is 2.26. The van der Waals surface area contributed by atoms with Crippen LogP contribution in [0.2, 0.25) is 0 Å². The molecule has 0 aliphatic rings. The number of aromatic nitrogens is 2. The molecule has 28 heavy (non-hydrogen) atoms. The van der Waals surface area contributed by atoms with Crippen LogP contribution < -0.4 is 4.18 Å². The fourth-order valence-electron chi connectivity index (χ4n) is 2.96. The van der Waals surface area contributed by atoms with Crippen molar-refractivity contribution < 1.29 is 21.3 Å². The number of nitrogens with zero attached hydrogens (tertiary/aromatic N) is 3. The molecule has 138 valence electrons. The molecule has 0 atom stereocenters. The van der Waals surface area contributed by atoms with Gasteiger partial charge in [-0.05, 0) is 30.3 Å². The molecule has 7 nitrogen and oxygen atoms in total. The Hall–Kier alpha value is -3.77. The number of rotatable bonds is 4. The van der Waals surface area contributed by atoms with Gasteiger partial charge in [-0.25, -0.2) is 4.98 Å². The van der Waals surface area contributed by atoms with Crippen molar-refractivity contribution in [3.63, 3.8) is 0 Å².